The van der Waals surface area contributed by atoms with Crippen LogP contribution in [0.2, 0.25) is 0 Å². The number of sulfonamides is 1. The zero-order valence-corrected chi connectivity index (χ0v) is 28.7. The van der Waals surface area contributed by atoms with E-state index in [-0.39, 0.29) is 11.3 Å². The number of hydrogen-bond acceptors (Lipinski definition) is 5. The van der Waals surface area contributed by atoms with Crippen molar-refractivity contribution in [1.82, 2.24) is 19.0 Å². The van der Waals surface area contributed by atoms with Crippen LogP contribution in [-0.4, -0.2) is 73.6 Å². The molecule has 244 valence electrons. The molecule has 0 N–H and O–H groups in total. The molecular weight excluding hydrogens is 570 g/mol. The number of piperidine rings is 1. The Morgan fingerprint density at radius 3 is 2.05 bits per heavy atom. The fraction of sp³-hybridized carbons (Fsp3) is 0.714. The fourth-order valence-corrected chi connectivity index (χ4v) is 9.97. The van der Waals surface area contributed by atoms with Crippen LogP contribution in [0.3, 0.4) is 0 Å². The first-order valence-corrected chi connectivity index (χ1v) is 18.7. The summed E-state index contributed by atoms with van der Waals surface area (Å²) >= 11 is 0. The van der Waals surface area contributed by atoms with Crippen LogP contribution in [0.1, 0.15) is 106 Å². The average Bonchev–Trinajstić information content (AvgIpc) is 3.34. The van der Waals surface area contributed by atoms with Crippen molar-refractivity contribution in [2.24, 2.45) is 17.3 Å². The molecular formula is C35H55N5O3S. The largest absolute Gasteiger partial charge is 0.378 e. The van der Waals surface area contributed by atoms with Gasteiger partial charge in [-0.3, -0.25) is 9.48 Å². The molecule has 1 saturated heterocycles. The molecule has 1 spiro atoms. The maximum Gasteiger partial charge on any atom is 0.257 e. The number of benzene rings is 1. The topological polar surface area (TPSA) is 78.8 Å². The lowest BCUT2D eigenvalue weighted by Gasteiger charge is -2.50. The van der Waals surface area contributed by atoms with E-state index in [4.69, 9.17) is 5.10 Å². The Morgan fingerprint density at radius 1 is 0.932 bits per heavy atom. The molecule has 1 aromatic heterocycles. The van der Waals surface area contributed by atoms with Crippen molar-refractivity contribution in [3.05, 3.63) is 41.2 Å². The molecule has 1 aliphatic carbocycles. The fourth-order valence-electron chi connectivity index (χ4n) is 8.50. The van der Waals surface area contributed by atoms with Crippen LogP contribution >= 0.6 is 0 Å². The number of aromatic nitrogens is 2. The average molecular weight is 626 g/mol. The minimum absolute atomic E-state index is 0.107. The van der Waals surface area contributed by atoms with Gasteiger partial charge >= 0.3 is 0 Å². The zero-order chi connectivity index (χ0) is 31.5. The molecule has 3 heterocycles. The molecule has 2 aliphatic heterocycles. The van der Waals surface area contributed by atoms with Crippen molar-refractivity contribution >= 4 is 21.6 Å². The van der Waals surface area contributed by atoms with Gasteiger partial charge < -0.3 is 9.80 Å². The highest BCUT2D eigenvalue weighted by atomic mass is 32.2. The first-order chi connectivity index (χ1) is 21.1. The summed E-state index contributed by atoms with van der Waals surface area (Å²) in [7, 11) is 0.382. The van der Waals surface area contributed by atoms with Gasteiger partial charge in [0.05, 0.1) is 21.8 Å². The highest BCUT2D eigenvalue weighted by Gasteiger charge is 2.48. The van der Waals surface area contributed by atoms with Crippen LogP contribution < -0.4 is 4.90 Å². The minimum atomic E-state index is -3.54. The quantitative estimate of drug-likeness (QED) is 0.350. The van der Waals surface area contributed by atoms with Crippen molar-refractivity contribution in [1.29, 1.82) is 0 Å². The van der Waals surface area contributed by atoms with Crippen molar-refractivity contribution in [2.75, 3.05) is 45.2 Å². The summed E-state index contributed by atoms with van der Waals surface area (Å²) in [4.78, 5) is 18.0. The summed E-state index contributed by atoms with van der Waals surface area (Å²) < 4.78 is 31.3. The van der Waals surface area contributed by atoms with Crippen LogP contribution in [0.5, 0.6) is 0 Å². The van der Waals surface area contributed by atoms with Gasteiger partial charge in [0, 0.05) is 52.5 Å². The molecule has 0 radical (unpaired) electrons. The lowest BCUT2D eigenvalue weighted by Crippen LogP contribution is -2.49. The van der Waals surface area contributed by atoms with E-state index in [9.17, 15) is 13.2 Å². The van der Waals surface area contributed by atoms with E-state index in [0.717, 1.165) is 48.4 Å². The minimum Gasteiger partial charge on any atom is -0.378 e. The second-order valence-electron chi connectivity index (χ2n) is 13.8. The van der Waals surface area contributed by atoms with E-state index in [1.807, 2.05) is 56.8 Å². The Hall–Kier alpha value is -2.39. The van der Waals surface area contributed by atoms with Crippen LogP contribution in [0, 0.1) is 24.2 Å². The first-order valence-electron chi connectivity index (χ1n) is 17.2. The molecule has 1 atom stereocenters. The molecule has 2 fully saturated rings. The van der Waals surface area contributed by atoms with Crippen molar-refractivity contribution in [3.63, 3.8) is 0 Å². The van der Waals surface area contributed by atoms with Gasteiger partial charge in [-0.1, -0.05) is 44.9 Å². The van der Waals surface area contributed by atoms with Gasteiger partial charge in [-0.25, -0.2) is 8.42 Å². The standard InChI is InChI=1S/C35H55N5O3S/c1-6-38(7-2)34(41)33-27(3)36-40-26-35(21-13-11-9-8-10-12-14-22-35)31(25-32(33)40)28-19-23-39(24-20-28)44(42,43)30-17-15-29(16-18-30)37(4)5/h15-18,28,31H,6-14,19-26H2,1-5H3. The van der Waals surface area contributed by atoms with E-state index >= 15 is 0 Å². The predicted molar refractivity (Wildman–Crippen MR) is 178 cm³/mol. The van der Waals surface area contributed by atoms with E-state index in [0.29, 0.717) is 42.9 Å². The third-order valence-electron chi connectivity index (χ3n) is 11.1. The second kappa shape index (κ2) is 13.9. The van der Waals surface area contributed by atoms with Crippen LogP contribution in [0.15, 0.2) is 29.2 Å². The lowest BCUT2D eigenvalue weighted by atomic mass is 9.59. The van der Waals surface area contributed by atoms with Crippen molar-refractivity contribution in [3.8, 4) is 0 Å². The second-order valence-corrected chi connectivity index (χ2v) is 15.8. The molecule has 3 aliphatic rings. The Bertz CT molecular complexity index is 1360. The molecule has 5 rings (SSSR count). The predicted octanol–water partition coefficient (Wildman–Crippen LogP) is 6.52. The number of carbonyl (C=O) groups excluding carboxylic acids is 1. The summed E-state index contributed by atoms with van der Waals surface area (Å²) in [6, 6.07) is 7.25. The van der Waals surface area contributed by atoms with Gasteiger partial charge in [-0.15, -0.1) is 0 Å². The molecule has 8 nitrogen and oxygen atoms in total. The molecule has 1 unspecified atom stereocenters. The SMILES string of the molecule is CCN(CC)C(=O)c1c(C)nn2c1CC(C1CCN(S(=O)(=O)c3ccc(N(C)C)cc3)CC1)C1(CCCCCCCCC1)C2. The molecule has 2 aromatic rings. The molecule has 1 aromatic carbocycles. The van der Waals surface area contributed by atoms with Crippen LogP contribution in [-0.2, 0) is 23.0 Å². The van der Waals surface area contributed by atoms with Gasteiger partial charge in [0.1, 0.15) is 0 Å². The normalized spacial score (nSPS) is 22.0. The monoisotopic (exact) mass is 625 g/mol. The first kappa shape index (κ1) is 33.0. The van der Waals surface area contributed by atoms with E-state index in [1.54, 1.807) is 16.4 Å². The maximum atomic E-state index is 13.7. The lowest BCUT2D eigenvalue weighted by molar-refractivity contribution is 0.00805. The van der Waals surface area contributed by atoms with Gasteiger partial charge in [0.2, 0.25) is 10.0 Å². The Kier molecular flexibility index (Phi) is 10.4. The van der Waals surface area contributed by atoms with Gasteiger partial charge in [0.15, 0.2) is 0 Å². The summed E-state index contributed by atoms with van der Waals surface area (Å²) in [5.41, 5.74) is 3.92. The van der Waals surface area contributed by atoms with Gasteiger partial charge in [-0.2, -0.15) is 9.40 Å². The molecule has 1 saturated carbocycles. The third kappa shape index (κ3) is 6.60. The number of fused-ring (bicyclic) bond motifs is 1. The molecule has 9 heteroatoms. The maximum absolute atomic E-state index is 13.7. The van der Waals surface area contributed by atoms with Crippen LogP contribution in [0.25, 0.3) is 0 Å². The zero-order valence-electron chi connectivity index (χ0n) is 27.9. The van der Waals surface area contributed by atoms with Crippen molar-refractivity contribution in [2.45, 2.75) is 109 Å². The Morgan fingerprint density at radius 2 is 1.50 bits per heavy atom. The van der Waals surface area contributed by atoms with E-state index < -0.39 is 10.0 Å². The highest BCUT2D eigenvalue weighted by Crippen LogP contribution is 2.51. The molecule has 0 bridgehead atoms. The summed E-state index contributed by atoms with van der Waals surface area (Å²) in [5, 5.41) is 5.02. The number of rotatable bonds is 7. The number of anilines is 1. The van der Waals surface area contributed by atoms with Crippen molar-refractivity contribution < 1.29 is 13.2 Å². The summed E-state index contributed by atoms with van der Waals surface area (Å²) in [6.45, 7) is 9.47. The Labute approximate surface area is 266 Å². The smallest absolute Gasteiger partial charge is 0.257 e. The van der Waals surface area contributed by atoms with Gasteiger partial charge in [0.25, 0.3) is 5.91 Å². The number of nitrogens with zero attached hydrogens (tertiary/aromatic N) is 5. The Balaban J connectivity index is 1.43. The summed E-state index contributed by atoms with van der Waals surface area (Å²) in [5.74, 6) is 0.967. The number of aryl methyl sites for hydroxylation is 1. The highest BCUT2D eigenvalue weighted by molar-refractivity contribution is 7.89. The van der Waals surface area contributed by atoms with Gasteiger partial charge in [-0.05, 0) is 94.4 Å². The number of hydrogen-bond donors (Lipinski definition) is 0. The molecule has 1 amide bonds. The van der Waals surface area contributed by atoms with Crippen LogP contribution in [0.4, 0.5) is 5.69 Å². The number of carbonyl (C=O) groups is 1. The molecule has 44 heavy (non-hydrogen) atoms. The van der Waals surface area contributed by atoms with E-state index in [1.165, 1.54) is 57.8 Å². The van der Waals surface area contributed by atoms with E-state index in [2.05, 4.69) is 4.68 Å². The third-order valence-corrected chi connectivity index (χ3v) is 13.0. The summed E-state index contributed by atoms with van der Waals surface area (Å²) in [6.07, 6.45) is 14.1. The number of amides is 1.